The van der Waals surface area contributed by atoms with Gasteiger partial charge in [0.05, 0.1) is 11.4 Å². The van der Waals surface area contributed by atoms with Crippen molar-refractivity contribution in [3.8, 4) is 5.69 Å². The lowest BCUT2D eigenvalue weighted by Crippen LogP contribution is -2.29. The molecule has 0 unspecified atom stereocenters. The van der Waals surface area contributed by atoms with Crippen LogP contribution in [-0.2, 0) is 4.79 Å². The van der Waals surface area contributed by atoms with E-state index in [2.05, 4.69) is 37.9 Å². The highest BCUT2D eigenvalue weighted by Crippen LogP contribution is 2.23. The Balaban J connectivity index is 1.34. The van der Waals surface area contributed by atoms with Gasteiger partial charge in [0.25, 0.3) is 0 Å². The molecule has 1 saturated heterocycles. The second-order valence-electron chi connectivity index (χ2n) is 7.09. The number of aromatic nitrogens is 4. The molecule has 0 bridgehead atoms. The van der Waals surface area contributed by atoms with E-state index in [4.69, 9.17) is 0 Å². The molecule has 0 spiro atoms. The number of nitrogens with zero attached hydrogens (tertiary/aromatic N) is 5. The zero-order valence-corrected chi connectivity index (χ0v) is 17.2. The van der Waals surface area contributed by atoms with E-state index in [9.17, 15) is 4.79 Å². The van der Waals surface area contributed by atoms with E-state index in [-0.39, 0.29) is 11.7 Å². The second-order valence-corrected chi connectivity index (χ2v) is 8.03. The monoisotopic (exact) mass is 408 g/mol. The summed E-state index contributed by atoms with van der Waals surface area (Å²) < 4.78 is 1.67. The van der Waals surface area contributed by atoms with E-state index in [0.717, 1.165) is 30.0 Å². The third-order valence-corrected chi connectivity index (χ3v) is 5.91. The summed E-state index contributed by atoms with van der Waals surface area (Å²) >= 11 is 1.32. The normalized spacial score (nSPS) is 14.0. The first kappa shape index (κ1) is 19.4. The molecular weight excluding hydrogens is 384 g/mol. The average molecular weight is 409 g/mol. The number of thioether (sulfide) groups is 1. The number of piperidine rings is 1. The smallest absolute Gasteiger partial charge is 0.234 e. The van der Waals surface area contributed by atoms with Crippen LogP contribution in [0.15, 0.2) is 53.7 Å². The third kappa shape index (κ3) is 4.76. The zero-order chi connectivity index (χ0) is 20.1. The number of aryl methyl sites for hydroxylation is 1. The van der Waals surface area contributed by atoms with Crippen molar-refractivity contribution < 1.29 is 4.79 Å². The number of hydrogen-bond acceptors (Lipinski definition) is 6. The van der Waals surface area contributed by atoms with Gasteiger partial charge in [-0.05, 0) is 72.5 Å². The van der Waals surface area contributed by atoms with E-state index in [1.165, 1.54) is 36.7 Å². The van der Waals surface area contributed by atoms with Gasteiger partial charge in [-0.25, -0.2) is 0 Å². The molecule has 0 radical (unpaired) electrons. The van der Waals surface area contributed by atoms with Gasteiger partial charge in [0.2, 0.25) is 11.1 Å². The van der Waals surface area contributed by atoms with Crippen LogP contribution < -0.4 is 10.2 Å². The van der Waals surface area contributed by atoms with Crippen molar-refractivity contribution in [2.45, 2.75) is 31.3 Å². The van der Waals surface area contributed by atoms with E-state index in [0.29, 0.717) is 5.16 Å². The van der Waals surface area contributed by atoms with E-state index < -0.39 is 0 Å². The SMILES string of the molecule is Cc1ccccc1-n1nnnc1SCC(=O)Nc1ccc(N2CCCCC2)cc1. The summed E-state index contributed by atoms with van der Waals surface area (Å²) in [4.78, 5) is 14.8. The molecule has 0 saturated carbocycles. The fourth-order valence-electron chi connectivity index (χ4n) is 3.46. The second kappa shape index (κ2) is 9.09. The molecule has 2 aromatic carbocycles. The Bertz CT molecular complexity index is 965. The molecule has 29 heavy (non-hydrogen) atoms. The Hall–Kier alpha value is -2.87. The number of nitrogens with one attached hydrogen (secondary N) is 1. The first-order chi connectivity index (χ1) is 14.2. The number of benzene rings is 2. The van der Waals surface area contributed by atoms with Gasteiger partial charge in [-0.3, -0.25) is 4.79 Å². The number of carbonyl (C=O) groups excluding carboxylic acids is 1. The minimum atomic E-state index is -0.0833. The molecule has 0 atom stereocenters. The lowest BCUT2D eigenvalue weighted by molar-refractivity contribution is -0.113. The summed E-state index contributed by atoms with van der Waals surface area (Å²) in [5, 5.41) is 15.4. The van der Waals surface area contributed by atoms with E-state index in [1.807, 2.05) is 43.3 Å². The lowest BCUT2D eigenvalue weighted by atomic mass is 10.1. The van der Waals surface area contributed by atoms with Crippen LogP contribution in [0.5, 0.6) is 0 Å². The molecule has 4 rings (SSSR count). The van der Waals surface area contributed by atoms with Gasteiger partial charge in [-0.15, -0.1) is 5.10 Å². The summed E-state index contributed by atoms with van der Waals surface area (Å²) in [7, 11) is 0. The molecule has 1 amide bonds. The Morgan fingerprint density at radius 1 is 1.07 bits per heavy atom. The first-order valence-corrected chi connectivity index (χ1v) is 10.8. The topological polar surface area (TPSA) is 75.9 Å². The Kier molecular flexibility index (Phi) is 6.09. The molecule has 1 aromatic heterocycles. The number of rotatable bonds is 6. The molecule has 8 heteroatoms. The van der Waals surface area contributed by atoms with Crippen LogP contribution in [0.25, 0.3) is 5.69 Å². The van der Waals surface area contributed by atoms with Crippen LogP contribution in [0.3, 0.4) is 0 Å². The minimum absolute atomic E-state index is 0.0833. The van der Waals surface area contributed by atoms with E-state index in [1.54, 1.807) is 4.68 Å². The van der Waals surface area contributed by atoms with Crippen LogP contribution in [-0.4, -0.2) is 45.0 Å². The summed E-state index contributed by atoms with van der Waals surface area (Å²) in [5.41, 5.74) is 4.00. The first-order valence-electron chi connectivity index (χ1n) is 9.83. The maximum absolute atomic E-state index is 12.4. The van der Waals surface area contributed by atoms with Crippen LogP contribution in [0.1, 0.15) is 24.8 Å². The average Bonchev–Trinajstić information content (AvgIpc) is 3.22. The van der Waals surface area contributed by atoms with Crippen molar-refractivity contribution in [1.29, 1.82) is 0 Å². The molecular formula is C21H24N6OS. The van der Waals surface area contributed by atoms with Crippen molar-refractivity contribution in [2.24, 2.45) is 0 Å². The third-order valence-electron chi connectivity index (χ3n) is 4.99. The largest absolute Gasteiger partial charge is 0.372 e. The Labute approximate surface area is 174 Å². The number of carbonyl (C=O) groups is 1. The van der Waals surface area contributed by atoms with Crippen molar-refractivity contribution in [3.05, 3.63) is 54.1 Å². The molecule has 1 N–H and O–H groups in total. The Morgan fingerprint density at radius 2 is 1.83 bits per heavy atom. The molecule has 1 fully saturated rings. The summed E-state index contributed by atoms with van der Waals surface area (Å²) in [6.07, 6.45) is 3.81. The fourth-order valence-corrected chi connectivity index (χ4v) is 4.14. The van der Waals surface area contributed by atoms with Gasteiger partial charge in [0, 0.05) is 24.5 Å². The van der Waals surface area contributed by atoms with Gasteiger partial charge in [0.15, 0.2) is 0 Å². The zero-order valence-electron chi connectivity index (χ0n) is 16.4. The van der Waals surface area contributed by atoms with E-state index >= 15 is 0 Å². The van der Waals surface area contributed by atoms with Crippen molar-refractivity contribution in [2.75, 3.05) is 29.1 Å². The highest BCUT2D eigenvalue weighted by Gasteiger charge is 2.14. The van der Waals surface area contributed by atoms with Gasteiger partial charge >= 0.3 is 0 Å². The van der Waals surface area contributed by atoms with Crippen LogP contribution >= 0.6 is 11.8 Å². The van der Waals surface area contributed by atoms with Crippen LogP contribution in [0.2, 0.25) is 0 Å². The molecule has 1 aliphatic rings. The van der Waals surface area contributed by atoms with Gasteiger partial charge in [-0.2, -0.15) is 4.68 Å². The highest BCUT2D eigenvalue weighted by molar-refractivity contribution is 7.99. The van der Waals surface area contributed by atoms with Crippen LogP contribution in [0.4, 0.5) is 11.4 Å². The molecule has 150 valence electrons. The number of para-hydroxylation sites is 1. The minimum Gasteiger partial charge on any atom is -0.372 e. The Morgan fingerprint density at radius 3 is 2.59 bits per heavy atom. The lowest BCUT2D eigenvalue weighted by Gasteiger charge is -2.28. The standard InChI is InChI=1S/C21H24N6OS/c1-16-7-3-4-8-19(16)27-21(23-24-25-27)29-15-20(28)22-17-9-11-18(12-10-17)26-13-5-2-6-14-26/h3-4,7-12H,2,5-6,13-15H2,1H3,(H,22,28). The van der Waals surface area contributed by atoms with Crippen LogP contribution in [0, 0.1) is 6.92 Å². The quantitative estimate of drug-likeness (QED) is 0.627. The number of anilines is 2. The predicted molar refractivity (Wildman–Crippen MR) is 116 cm³/mol. The molecule has 1 aliphatic heterocycles. The summed E-state index contributed by atoms with van der Waals surface area (Å²) in [6, 6.07) is 16.0. The number of hydrogen-bond donors (Lipinski definition) is 1. The predicted octanol–water partition coefficient (Wildman–Crippen LogP) is 3.69. The molecule has 7 nitrogen and oxygen atoms in total. The highest BCUT2D eigenvalue weighted by atomic mass is 32.2. The van der Waals surface area contributed by atoms with Crippen molar-refractivity contribution in [1.82, 2.24) is 20.2 Å². The fraction of sp³-hybridized carbons (Fsp3) is 0.333. The maximum atomic E-state index is 12.4. The number of tetrazole rings is 1. The maximum Gasteiger partial charge on any atom is 0.234 e. The molecule has 0 aliphatic carbocycles. The van der Waals surface area contributed by atoms with Gasteiger partial charge < -0.3 is 10.2 Å². The summed E-state index contributed by atoms with van der Waals surface area (Å²) in [5.74, 6) is 0.153. The molecule has 2 heterocycles. The number of amides is 1. The van der Waals surface area contributed by atoms with Gasteiger partial charge in [0.1, 0.15) is 0 Å². The molecule has 3 aromatic rings. The van der Waals surface area contributed by atoms with Crippen molar-refractivity contribution >= 4 is 29.0 Å². The van der Waals surface area contributed by atoms with Gasteiger partial charge in [-0.1, -0.05) is 30.0 Å². The summed E-state index contributed by atoms with van der Waals surface area (Å²) in [6.45, 7) is 4.22. The van der Waals surface area contributed by atoms with Crippen molar-refractivity contribution in [3.63, 3.8) is 0 Å².